The zero-order valence-corrected chi connectivity index (χ0v) is 13.2. The van der Waals surface area contributed by atoms with Gasteiger partial charge in [0.15, 0.2) is 0 Å². The Balaban J connectivity index is 2.46. The maximum atomic E-state index is 12.3. The average molecular weight is 373 g/mol. The molecule has 2 aromatic rings. The quantitative estimate of drug-likeness (QED) is 0.414. The van der Waals surface area contributed by atoms with E-state index in [2.05, 4.69) is 4.72 Å². The van der Waals surface area contributed by atoms with Crippen LogP contribution in [-0.2, 0) is 10.0 Å². The van der Waals surface area contributed by atoms with E-state index in [4.69, 9.17) is 16.7 Å². The van der Waals surface area contributed by atoms with Gasteiger partial charge in [-0.1, -0.05) is 11.6 Å². The third kappa shape index (κ3) is 3.55. The number of aromatic carboxylic acids is 1. The number of hydrogen-bond donors (Lipinski definition) is 3. The fourth-order valence-corrected chi connectivity index (χ4v) is 3.36. The van der Waals surface area contributed by atoms with Gasteiger partial charge in [0.05, 0.1) is 9.95 Å². The number of phenols is 1. The fourth-order valence-electron chi connectivity index (χ4n) is 1.79. The molecule has 3 N–H and O–H groups in total. The highest BCUT2D eigenvalue weighted by atomic mass is 35.5. The Kier molecular flexibility index (Phi) is 4.62. The molecule has 2 rings (SSSR count). The molecule has 0 aliphatic rings. The first-order valence-corrected chi connectivity index (χ1v) is 8.01. The van der Waals surface area contributed by atoms with Crippen LogP contribution >= 0.6 is 11.6 Å². The van der Waals surface area contributed by atoms with E-state index < -0.39 is 42.8 Å². The lowest BCUT2D eigenvalue weighted by atomic mass is 10.2. The molecule has 0 amide bonds. The maximum Gasteiger partial charge on any atom is 0.339 e. The van der Waals surface area contributed by atoms with Crippen LogP contribution < -0.4 is 4.72 Å². The van der Waals surface area contributed by atoms with Gasteiger partial charge >= 0.3 is 5.97 Å². The van der Waals surface area contributed by atoms with Gasteiger partial charge in [0.25, 0.3) is 15.7 Å². The highest BCUT2D eigenvalue weighted by Gasteiger charge is 2.22. The molecule has 0 saturated carbocycles. The first kappa shape index (κ1) is 17.5. The minimum absolute atomic E-state index is 0.159. The van der Waals surface area contributed by atoms with Crippen molar-refractivity contribution in [3.8, 4) is 5.75 Å². The van der Waals surface area contributed by atoms with Gasteiger partial charge in [0, 0.05) is 17.8 Å². The van der Waals surface area contributed by atoms with Crippen LogP contribution in [0.25, 0.3) is 0 Å². The summed E-state index contributed by atoms with van der Waals surface area (Å²) in [7, 11) is -4.32. The summed E-state index contributed by atoms with van der Waals surface area (Å²) in [6.45, 7) is 0. The number of rotatable bonds is 5. The van der Waals surface area contributed by atoms with E-state index >= 15 is 0 Å². The number of nitro benzene ring substituents is 1. The van der Waals surface area contributed by atoms with Crippen LogP contribution in [0.3, 0.4) is 0 Å². The summed E-state index contributed by atoms with van der Waals surface area (Å²) in [6.07, 6.45) is 0. The number of anilines is 1. The SMILES string of the molecule is O=C(O)c1cc(NS(=O)(=O)c2cc([N+](=O)[O-])ccc2Cl)ccc1O. The van der Waals surface area contributed by atoms with Crippen LogP contribution in [0.2, 0.25) is 5.02 Å². The van der Waals surface area contributed by atoms with Gasteiger partial charge < -0.3 is 10.2 Å². The summed E-state index contributed by atoms with van der Waals surface area (Å²) in [5.41, 5.74) is -1.15. The molecule has 0 fully saturated rings. The molecule has 0 radical (unpaired) electrons. The topological polar surface area (TPSA) is 147 Å². The third-order valence-corrected chi connectivity index (χ3v) is 4.76. The molecule has 0 aliphatic heterocycles. The zero-order valence-electron chi connectivity index (χ0n) is 11.6. The molecular weight excluding hydrogens is 364 g/mol. The molecule has 0 saturated heterocycles. The molecule has 9 nitrogen and oxygen atoms in total. The third-order valence-electron chi connectivity index (χ3n) is 2.89. The first-order chi connectivity index (χ1) is 11.1. The number of nitro groups is 1. The van der Waals surface area contributed by atoms with Gasteiger partial charge in [-0.05, 0) is 24.3 Å². The Bertz CT molecular complexity index is 943. The molecule has 0 atom stereocenters. The maximum absolute atomic E-state index is 12.3. The molecule has 2 aromatic carbocycles. The van der Waals surface area contributed by atoms with Crippen LogP contribution in [0.15, 0.2) is 41.3 Å². The predicted molar refractivity (Wildman–Crippen MR) is 84.0 cm³/mol. The van der Waals surface area contributed by atoms with Gasteiger partial charge in [0.1, 0.15) is 16.2 Å². The largest absolute Gasteiger partial charge is 0.507 e. The number of aromatic hydroxyl groups is 1. The van der Waals surface area contributed by atoms with Crippen molar-refractivity contribution in [2.45, 2.75) is 4.90 Å². The number of carboxylic acids is 1. The molecule has 0 aliphatic carbocycles. The second-order valence-electron chi connectivity index (χ2n) is 4.51. The number of carboxylic acid groups (broad SMARTS) is 1. The number of hydrogen-bond acceptors (Lipinski definition) is 6. The van der Waals surface area contributed by atoms with Gasteiger partial charge in [-0.25, -0.2) is 13.2 Å². The summed E-state index contributed by atoms with van der Waals surface area (Å²) < 4.78 is 26.7. The second kappa shape index (κ2) is 6.34. The molecule has 0 aromatic heterocycles. The smallest absolute Gasteiger partial charge is 0.339 e. The van der Waals surface area contributed by atoms with Crippen LogP contribution in [0.1, 0.15) is 10.4 Å². The van der Waals surface area contributed by atoms with Gasteiger partial charge in [-0.15, -0.1) is 0 Å². The van der Waals surface area contributed by atoms with Crippen molar-refractivity contribution in [3.05, 3.63) is 57.1 Å². The van der Waals surface area contributed by atoms with Crippen molar-refractivity contribution in [2.75, 3.05) is 4.72 Å². The summed E-state index contributed by atoms with van der Waals surface area (Å²) in [5.74, 6) is -2.00. The Labute approximate surface area is 140 Å². The van der Waals surface area contributed by atoms with Crippen molar-refractivity contribution in [1.29, 1.82) is 0 Å². The van der Waals surface area contributed by atoms with E-state index in [1.807, 2.05) is 0 Å². The minimum Gasteiger partial charge on any atom is -0.507 e. The zero-order chi connectivity index (χ0) is 18.1. The fraction of sp³-hybridized carbons (Fsp3) is 0. The summed E-state index contributed by atoms with van der Waals surface area (Å²) >= 11 is 5.78. The predicted octanol–water partition coefficient (Wildman–Crippen LogP) is 2.45. The lowest BCUT2D eigenvalue weighted by Gasteiger charge is -2.10. The minimum atomic E-state index is -4.32. The Morgan fingerprint density at radius 1 is 1.21 bits per heavy atom. The van der Waals surface area contributed by atoms with Crippen LogP contribution in [-0.4, -0.2) is 29.5 Å². The van der Waals surface area contributed by atoms with E-state index in [-0.39, 0.29) is 10.7 Å². The lowest BCUT2D eigenvalue weighted by molar-refractivity contribution is -0.385. The summed E-state index contributed by atoms with van der Waals surface area (Å²) in [4.78, 5) is 20.4. The monoisotopic (exact) mass is 372 g/mol. The standard InChI is InChI=1S/C13H9ClN2O7S/c14-10-3-2-8(16(20)21)6-12(10)24(22,23)15-7-1-4-11(17)9(5-7)13(18)19/h1-6,15,17H,(H,18,19). The van der Waals surface area contributed by atoms with Crippen LogP contribution in [0.4, 0.5) is 11.4 Å². The number of non-ortho nitro benzene ring substituents is 1. The van der Waals surface area contributed by atoms with E-state index in [1.54, 1.807) is 0 Å². The number of sulfonamides is 1. The number of benzene rings is 2. The number of halogens is 1. The van der Waals surface area contributed by atoms with Gasteiger partial charge in [-0.2, -0.15) is 0 Å². The molecular formula is C13H9ClN2O7S. The molecule has 0 unspecified atom stereocenters. The number of carbonyl (C=O) groups is 1. The summed E-state index contributed by atoms with van der Waals surface area (Å²) in [5, 5.41) is 28.8. The van der Waals surface area contributed by atoms with Crippen molar-refractivity contribution >= 4 is 39.0 Å². The molecule has 0 heterocycles. The highest BCUT2D eigenvalue weighted by molar-refractivity contribution is 7.92. The van der Waals surface area contributed by atoms with Crippen LogP contribution in [0, 0.1) is 10.1 Å². The normalized spacial score (nSPS) is 11.0. The van der Waals surface area contributed by atoms with Crippen molar-refractivity contribution < 1.29 is 28.3 Å². The van der Waals surface area contributed by atoms with Crippen molar-refractivity contribution in [1.82, 2.24) is 0 Å². The Hall–Kier alpha value is -2.85. The van der Waals surface area contributed by atoms with Gasteiger partial charge in [0.2, 0.25) is 0 Å². The molecule has 0 spiro atoms. The number of nitrogens with zero attached hydrogens (tertiary/aromatic N) is 1. The summed E-state index contributed by atoms with van der Waals surface area (Å²) in [6, 6.07) is 5.92. The van der Waals surface area contributed by atoms with E-state index in [9.17, 15) is 28.4 Å². The molecule has 126 valence electrons. The highest BCUT2D eigenvalue weighted by Crippen LogP contribution is 2.29. The first-order valence-electron chi connectivity index (χ1n) is 6.15. The molecule has 24 heavy (non-hydrogen) atoms. The van der Waals surface area contributed by atoms with Crippen LogP contribution in [0.5, 0.6) is 5.75 Å². The average Bonchev–Trinajstić information content (AvgIpc) is 2.48. The molecule has 11 heteroatoms. The van der Waals surface area contributed by atoms with Crippen molar-refractivity contribution in [3.63, 3.8) is 0 Å². The lowest BCUT2D eigenvalue weighted by Crippen LogP contribution is -2.14. The van der Waals surface area contributed by atoms with E-state index in [0.717, 1.165) is 36.4 Å². The Morgan fingerprint density at radius 3 is 2.46 bits per heavy atom. The number of nitrogens with one attached hydrogen (secondary N) is 1. The van der Waals surface area contributed by atoms with Gasteiger partial charge in [-0.3, -0.25) is 14.8 Å². The Morgan fingerprint density at radius 2 is 1.88 bits per heavy atom. The van der Waals surface area contributed by atoms with E-state index in [0.29, 0.717) is 0 Å². The van der Waals surface area contributed by atoms with Crippen molar-refractivity contribution in [2.24, 2.45) is 0 Å². The van der Waals surface area contributed by atoms with E-state index in [1.165, 1.54) is 0 Å². The molecule has 0 bridgehead atoms. The second-order valence-corrected chi connectivity index (χ2v) is 6.57.